The summed E-state index contributed by atoms with van der Waals surface area (Å²) in [4.78, 5) is 32.2. The van der Waals surface area contributed by atoms with Crippen molar-refractivity contribution in [1.82, 2.24) is 18.9 Å². The zero-order chi connectivity index (χ0) is 25.5. The highest BCUT2D eigenvalue weighted by Gasteiger charge is 2.34. The number of nitrogens with zero attached hydrogens (tertiary/aromatic N) is 5. The van der Waals surface area contributed by atoms with Crippen LogP contribution in [0.5, 0.6) is 5.75 Å². The molecular weight excluding hydrogens is 466 g/mol. The number of hydrogen-bond acceptors (Lipinski definition) is 6. The summed E-state index contributed by atoms with van der Waals surface area (Å²) in [5.74, 6) is 0.623. The molecule has 194 valence electrons. The third-order valence-corrected chi connectivity index (χ3v) is 8.45. The first kappa shape index (κ1) is 24.0. The van der Waals surface area contributed by atoms with Crippen LogP contribution >= 0.6 is 0 Å². The number of hydrogen-bond donors (Lipinski definition) is 1. The number of piperazine rings is 1. The highest BCUT2D eigenvalue weighted by molar-refractivity contribution is 5.46. The summed E-state index contributed by atoms with van der Waals surface area (Å²) < 4.78 is 3.96. The van der Waals surface area contributed by atoms with Crippen LogP contribution in [0.4, 0.5) is 5.69 Å². The zero-order valence-electron chi connectivity index (χ0n) is 21.4. The van der Waals surface area contributed by atoms with Gasteiger partial charge < -0.3 is 19.1 Å². The molecule has 2 saturated heterocycles. The Morgan fingerprint density at radius 2 is 1.65 bits per heavy atom. The molecule has 0 saturated carbocycles. The van der Waals surface area contributed by atoms with E-state index < -0.39 is 0 Å². The minimum atomic E-state index is -0.305. The van der Waals surface area contributed by atoms with Crippen LogP contribution in [-0.4, -0.2) is 63.3 Å². The van der Waals surface area contributed by atoms with Crippen molar-refractivity contribution < 1.29 is 5.11 Å². The Bertz CT molecular complexity index is 1390. The maximum absolute atomic E-state index is 12.8. The fraction of sp³-hybridized carbons (Fsp3) is 0.448. The monoisotopic (exact) mass is 501 g/mol. The summed E-state index contributed by atoms with van der Waals surface area (Å²) in [6.45, 7) is 7.33. The number of benzene rings is 1. The van der Waals surface area contributed by atoms with Gasteiger partial charge in [0.05, 0.1) is 5.69 Å². The second kappa shape index (κ2) is 9.84. The average molecular weight is 502 g/mol. The Morgan fingerprint density at radius 1 is 0.865 bits per heavy atom. The molecule has 2 unspecified atom stereocenters. The number of piperidine rings is 1. The van der Waals surface area contributed by atoms with Gasteiger partial charge in [-0.25, -0.2) is 0 Å². The molecule has 1 N–H and O–H groups in total. The molecule has 5 heterocycles. The molecular formula is C29H35N5O3. The second-order valence-electron chi connectivity index (χ2n) is 10.8. The first-order valence-corrected chi connectivity index (χ1v) is 13.3. The van der Waals surface area contributed by atoms with Crippen molar-refractivity contribution in [1.29, 1.82) is 0 Å². The van der Waals surface area contributed by atoms with Crippen molar-refractivity contribution in [3.05, 3.63) is 92.3 Å². The van der Waals surface area contributed by atoms with Crippen molar-refractivity contribution in [3.8, 4) is 5.75 Å². The van der Waals surface area contributed by atoms with Gasteiger partial charge in [-0.3, -0.25) is 19.4 Å². The summed E-state index contributed by atoms with van der Waals surface area (Å²) in [7, 11) is 1.96. The molecule has 0 amide bonds. The Balaban J connectivity index is 1.16. The van der Waals surface area contributed by atoms with E-state index in [4.69, 9.17) is 0 Å². The second-order valence-corrected chi connectivity index (χ2v) is 10.8. The molecule has 8 nitrogen and oxygen atoms in total. The minimum absolute atomic E-state index is 0.0934. The SMILES string of the molecule is Cn1c(CN2CC3CC(C2)c2cccc(=O)n2C3)cc(=O)c(O)c1CN1CCN(c2ccccc2)CC1. The minimum Gasteiger partial charge on any atom is -0.503 e. The number of rotatable bonds is 5. The molecule has 3 aromatic rings. The number of aromatic nitrogens is 2. The van der Waals surface area contributed by atoms with Gasteiger partial charge in [-0.15, -0.1) is 0 Å². The Labute approximate surface area is 217 Å². The van der Waals surface area contributed by atoms with Crippen molar-refractivity contribution >= 4 is 5.69 Å². The van der Waals surface area contributed by atoms with Crippen molar-refractivity contribution in [2.24, 2.45) is 13.0 Å². The number of para-hydroxylation sites is 1. The van der Waals surface area contributed by atoms with E-state index >= 15 is 0 Å². The van der Waals surface area contributed by atoms with Crippen LogP contribution in [0.3, 0.4) is 0 Å². The Morgan fingerprint density at radius 3 is 2.43 bits per heavy atom. The summed E-state index contributed by atoms with van der Waals surface area (Å²) in [5.41, 5.74) is 3.76. The predicted octanol–water partition coefficient (Wildman–Crippen LogP) is 2.19. The first-order valence-electron chi connectivity index (χ1n) is 13.3. The molecule has 0 spiro atoms. The van der Waals surface area contributed by atoms with Crippen molar-refractivity contribution in [3.63, 3.8) is 0 Å². The van der Waals surface area contributed by atoms with Gasteiger partial charge in [-0.05, 0) is 30.5 Å². The van der Waals surface area contributed by atoms with Crippen LogP contribution in [0.1, 0.15) is 29.4 Å². The number of aromatic hydroxyl groups is 1. The largest absolute Gasteiger partial charge is 0.503 e. The third-order valence-electron chi connectivity index (χ3n) is 8.45. The normalized spacial score (nSPS) is 22.1. The molecule has 2 fully saturated rings. The lowest BCUT2D eigenvalue weighted by Crippen LogP contribution is -2.47. The van der Waals surface area contributed by atoms with Crippen molar-refractivity contribution in [2.45, 2.75) is 32.0 Å². The standard InChI is InChI=1S/C29H35N5O3/c1-30-24(19-32-16-21-14-22(18-32)25-8-5-9-28(36)34(25)17-21)15-27(35)29(37)26(30)20-31-10-12-33(13-11-31)23-6-3-2-4-7-23/h2-9,15,21-22,37H,10-14,16-20H2,1H3. The number of likely N-dealkylation sites (tertiary alicyclic amines) is 1. The van der Waals surface area contributed by atoms with E-state index in [1.165, 1.54) is 5.69 Å². The molecule has 6 rings (SSSR count). The molecule has 2 bridgehead atoms. The summed E-state index contributed by atoms with van der Waals surface area (Å²) in [6.07, 6.45) is 1.11. The molecule has 0 aliphatic carbocycles. The Hall–Kier alpha value is -3.36. The van der Waals surface area contributed by atoms with Crippen molar-refractivity contribution in [2.75, 3.05) is 44.2 Å². The molecule has 0 radical (unpaired) electrons. The van der Waals surface area contributed by atoms with Crippen LogP contribution in [0, 0.1) is 5.92 Å². The maximum atomic E-state index is 12.8. The molecule has 37 heavy (non-hydrogen) atoms. The Kier molecular flexibility index (Phi) is 6.38. The van der Waals surface area contributed by atoms with Gasteiger partial charge >= 0.3 is 0 Å². The average Bonchev–Trinajstić information content (AvgIpc) is 2.91. The quantitative estimate of drug-likeness (QED) is 0.578. The fourth-order valence-corrected chi connectivity index (χ4v) is 6.49. The number of fused-ring (bicyclic) bond motifs is 4. The van der Waals surface area contributed by atoms with E-state index in [-0.39, 0.29) is 16.7 Å². The van der Waals surface area contributed by atoms with Crippen LogP contribution in [-0.2, 0) is 26.7 Å². The van der Waals surface area contributed by atoms with E-state index in [2.05, 4.69) is 45.0 Å². The molecule has 1 aromatic carbocycles. The van der Waals surface area contributed by atoms with Gasteiger partial charge in [0, 0.05) is 101 Å². The van der Waals surface area contributed by atoms with Gasteiger partial charge in [0.1, 0.15) is 0 Å². The summed E-state index contributed by atoms with van der Waals surface area (Å²) in [5, 5.41) is 10.7. The molecule has 3 aliphatic heterocycles. The van der Waals surface area contributed by atoms with Gasteiger partial charge in [0.2, 0.25) is 5.43 Å². The lowest BCUT2D eigenvalue weighted by atomic mass is 9.83. The zero-order valence-corrected chi connectivity index (χ0v) is 21.4. The highest BCUT2D eigenvalue weighted by atomic mass is 16.3. The van der Waals surface area contributed by atoms with E-state index in [1.54, 1.807) is 12.1 Å². The highest BCUT2D eigenvalue weighted by Crippen LogP contribution is 2.35. The summed E-state index contributed by atoms with van der Waals surface area (Å²) >= 11 is 0. The van der Waals surface area contributed by atoms with E-state index in [9.17, 15) is 14.7 Å². The molecule has 2 atom stereocenters. The van der Waals surface area contributed by atoms with Gasteiger partial charge in [0.15, 0.2) is 5.75 Å². The van der Waals surface area contributed by atoms with Crippen LogP contribution in [0.2, 0.25) is 0 Å². The van der Waals surface area contributed by atoms with Gasteiger partial charge in [0.25, 0.3) is 5.56 Å². The smallest absolute Gasteiger partial charge is 0.250 e. The topological polar surface area (TPSA) is 73.9 Å². The van der Waals surface area contributed by atoms with E-state index in [1.807, 2.05) is 28.3 Å². The lowest BCUT2D eigenvalue weighted by Gasteiger charge is -2.43. The van der Waals surface area contributed by atoms with E-state index in [0.717, 1.165) is 63.6 Å². The lowest BCUT2D eigenvalue weighted by molar-refractivity contribution is 0.112. The number of anilines is 1. The fourth-order valence-electron chi connectivity index (χ4n) is 6.49. The maximum Gasteiger partial charge on any atom is 0.250 e. The summed E-state index contributed by atoms with van der Waals surface area (Å²) in [6, 6.07) is 17.6. The first-order chi connectivity index (χ1) is 18.0. The van der Waals surface area contributed by atoms with Crippen LogP contribution in [0.15, 0.2) is 64.2 Å². The van der Waals surface area contributed by atoms with E-state index in [0.29, 0.717) is 30.6 Å². The van der Waals surface area contributed by atoms with Gasteiger partial charge in [-0.1, -0.05) is 24.3 Å². The molecule has 3 aliphatic rings. The number of pyridine rings is 2. The molecule has 2 aromatic heterocycles. The molecule has 8 heteroatoms. The third kappa shape index (κ3) is 4.71. The predicted molar refractivity (Wildman–Crippen MR) is 144 cm³/mol. The van der Waals surface area contributed by atoms with Gasteiger partial charge in [-0.2, -0.15) is 0 Å². The van der Waals surface area contributed by atoms with Crippen LogP contribution in [0.25, 0.3) is 0 Å². The van der Waals surface area contributed by atoms with Crippen LogP contribution < -0.4 is 15.9 Å².